The van der Waals surface area contributed by atoms with E-state index in [9.17, 15) is 9.59 Å². The molecule has 9 heteroatoms. The lowest BCUT2D eigenvalue weighted by atomic mass is 9.94. The maximum absolute atomic E-state index is 13.6. The Balaban J connectivity index is 1.10. The molecule has 1 saturated carbocycles. The van der Waals surface area contributed by atoms with Gasteiger partial charge in [-0.25, -0.2) is 9.59 Å². The fourth-order valence-electron chi connectivity index (χ4n) is 6.38. The van der Waals surface area contributed by atoms with E-state index in [1.807, 2.05) is 79.6 Å². The van der Waals surface area contributed by atoms with E-state index in [1.54, 1.807) is 28.6 Å². The van der Waals surface area contributed by atoms with Crippen LogP contribution in [0.4, 0.5) is 15.3 Å². The monoisotopic (exact) mass is 716 g/mol. The molecule has 0 atom stereocenters. The predicted octanol–water partition coefficient (Wildman–Crippen LogP) is 10.7. The summed E-state index contributed by atoms with van der Waals surface area (Å²) in [5, 5.41) is 5.09. The van der Waals surface area contributed by atoms with Crippen LogP contribution in [0.3, 0.4) is 0 Å². The molecule has 5 aromatic rings. The smallest absolute Gasteiger partial charge is 0.410 e. The molecule has 1 N–H and O–H groups in total. The highest BCUT2D eigenvalue weighted by Gasteiger charge is 2.29. The summed E-state index contributed by atoms with van der Waals surface area (Å²) in [7, 11) is 0. The normalized spacial score (nSPS) is 13.3. The number of pyridine rings is 1. The lowest BCUT2D eigenvalue weighted by Crippen LogP contribution is -2.43. The third-order valence-electron chi connectivity index (χ3n) is 9.06. The molecule has 0 unspecified atom stereocenters. The average molecular weight is 717 g/mol. The van der Waals surface area contributed by atoms with Crippen molar-refractivity contribution in [3.8, 4) is 16.9 Å². The van der Waals surface area contributed by atoms with Gasteiger partial charge in [0.1, 0.15) is 18.0 Å². The number of rotatable bonds is 12. The molecule has 0 spiro atoms. The van der Waals surface area contributed by atoms with Crippen LogP contribution in [-0.4, -0.2) is 38.6 Å². The van der Waals surface area contributed by atoms with E-state index in [1.165, 1.54) is 6.42 Å². The van der Waals surface area contributed by atoms with Gasteiger partial charge in [-0.3, -0.25) is 4.98 Å². The standard InChI is InChI=1S/C43H48N4O4S/c1-43(2,3)51-42(49)47(38-10-5-4-6-11-38)30-33-15-19-36(20-16-33)35-17-13-32(14-18-35)28-46(29-34-9-7-25-44-27-34)41(48)45-37-21-23-39(24-22-37)50-31-40-12-8-26-52-40/h7-9,12-27,38H,4-6,10-11,28-31H2,1-3H3,(H,45,48). The van der Waals surface area contributed by atoms with Crippen molar-refractivity contribution in [2.45, 2.75) is 90.8 Å². The van der Waals surface area contributed by atoms with Crippen molar-refractivity contribution < 1.29 is 19.1 Å². The number of ether oxygens (including phenoxy) is 2. The molecule has 1 aliphatic rings. The molecule has 6 rings (SSSR count). The van der Waals surface area contributed by atoms with Crippen LogP contribution in [0.5, 0.6) is 5.75 Å². The number of nitrogens with one attached hydrogen (secondary N) is 1. The van der Waals surface area contributed by atoms with Crippen LogP contribution in [-0.2, 0) is 31.0 Å². The molecule has 0 saturated heterocycles. The van der Waals surface area contributed by atoms with Crippen molar-refractivity contribution in [1.29, 1.82) is 0 Å². The zero-order valence-electron chi connectivity index (χ0n) is 30.3. The van der Waals surface area contributed by atoms with E-state index < -0.39 is 5.60 Å². The van der Waals surface area contributed by atoms with Gasteiger partial charge in [-0.1, -0.05) is 79.9 Å². The topological polar surface area (TPSA) is 84.0 Å². The fraction of sp³-hybridized carbons (Fsp3) is 0.326. The van der Waals surface area contributed by atoms with Crippen LogP contribution in [0.25, 0.3) is 11.1 Å². The molecule has 0 radical (unpaired) electrons. The number of urea groups is 1. The summed E-state index contributed by atoms with van der Waals surface area (Å²) in [6, 6.07) is 32.1. The lowest BCUT2D eigenvalue weighted by Gasteiger charge is -2.35. The molecule has 270 valence electrons. The van der Waals surface area contributed by atoms with Crippen LogP contribution in [0.2, 0.25) is 0 Å². The first-order chi connectivity index (χ1) is 25.2. The fourth-order valence-corrected chi connectivity index (χ4v) is 6.99. The molecular weight excluding hydrogens is 669 g/mol. The Morgan fingerprint density at radius 3 is 2.04 bits per heavy atom. The molecule has 1 aliphatic carbocycles. The third-order valence-corrected chi connectivity index (χ3v) is 9.91. The lowest BCUT2D eigenvalue weighted by molar-refractivity contribution is 0.00988. The zero-order valence-corrected chi connectivity index (χ0v) is 31.1. The second-order valence-corrected chi connectivity index (χ2v) is 15.4. The Bertz CT molecular complexity index is 1850. The van der Waals surface area contributed by atoms with Crippen LogP contribution >= 0.6 is 11.3 Å². The van der Waals surface area contributed by atoms with Crippen molar-refractivity contribution in [2.24, 2.45) is 0 Å². The first-order valence-electron chi connectivity index (χ1n) is 18.1. The van der Waals surface area contributed by atoms with E-state index in [0.717, 1.165) is 64.1 Å². The van der Waals surface area contributed by atoms with E-state index in [2.05, 4.69) is 58.8 Å². The molecule has 52 heavy (non-hydrogen) atoms. The van der Waals surface area contributed by atoms with E-state index in [0.29, 0.717) is 31.9 Å². The van der Waals surface area contributed by atoms with Crippen molar-refractivity contribution >= 4 is 29.1 Å². The Labute approximate surface area is 311 Å². The van der Waals surface area contributed by atoms with Gasteiger partial charge in [0.05, 0.1) is 0 Å². The number of amides is 3. The molecule has 3 aromatic carbocycles. The minimum atomic E-state index is -0.536. The number of nitrogens with zero attached hydrogens (tertiary/aromatic N) is 3. The van der Waals surface area contributed by atoms with Gasteiger partial charge >= 0.3 is 12.1 Å². The highest BCUT2D eigenvalue weighted by Crippen LogP contribution is 2.28. The second-order valence-electron chi connectivity index (χ2n) is 14.3. The minimum Gasteiger partial charge on any atom is -0.488 e. The van der Waals surface area contributed by atoms with Gasteiger partial charge in [-0.2, -0.15) is 0 Å². The van der Waals surface area contributed by atoms with Crippen molar-refractivity contribution in [3.63, 3.8) is 0 Å². The van der Waals surface area contributed by atoms with Crippen LogP contribution < -0.4 is 10.1 Å². The van der Waals surface area contributed by atoms with Crippen molar-refractivity contribution in [1.82, 2.24) is 14.8 Å². The number of hydrogen-bond acceptors (Lipinski definition) is 6. The number of benzene rings is 3. The second kappa shape index (κ2) is 17.4. The zero-order chi connectivity index (χ0) is 36.3. The molecule has 2 aromatic heterocycles. The summed E-state index contributed by atoms with van der Waals surface area (Å²) in [4.78, 5) is 36.0. The van der Waals surface area contributed by atoms with E-state index in [4.69, 9.17) is 9.47 Å². The number of anilines is 1. The summed E-state index contributed by atoms with van der Waals surface area (Å²) >= 11 is 1.66. The highest BCUT2D eigenvalue weighted by atomic mass is 32.1. The molecule has 8 nitrogen and oxygen atoms in total. The highest BCUT2D eigenvalue weighted by molar-refractivity contribution is 7.09. The van der Waals surface area contributed by atoms with Crippen LogP contribution in [0.15, 0.2) is 115 Å². The van der Waals surface area contributed by atoms with Crippen molar-refractivity contribution in [3.05, 3.63) is 136 Å². The Kier molecular flexibility index (Phi) is 12.2. The molecule has 3 amide bonds. The first kappa shape index (κ1) is 36.6. The largest absolute Gasteiger partial charge is 0.488 e. The van der Waals surface area contributed by atoms with Crippen LogP contribution in [0, 0.1) is 0 Å². The summed E-state index contributed by atoms with van der Waals surface area (Å²) in [6.07, 6.45) is 8.83. The quantitative estimate of drug-likeness (QED) is 0.139. The molecule has 0 bridgehead atoms. The number of hydrogen-bond donors (Lipinski definition) is 1. The predicted molar refractivity (Wildman–Crippen MR) is 208 cm³/mol. The minimum absolute atomic E-state index is 0.204. The van der Waals surface area contributed by atoms with Gasteiger partial charge in [-0.15, -0.1) is 11.3 Å². The Morgan fingerprint density at radius 1 is 0.788 bits per heavy atom. The Hall–Kier alpha value is -5.15. The molecular formula is C43H48N4O4S. The number of carbonyl (C=O) groups excluding carboxylic acids is 2. The maximum atomic E-state index is 13.6. The van der Waals surface area contributed by atoms with Crippen molar-refractivity contribution in [2.75, 3.05) is 5.32 Å². The summed E-state index contributed by atoms with van der Waals surface area (Å²) < 4.78 is 11.7. The molecule has 2 heterocycles. The number of aromatic nitrogens is 1. The summed E-state index contributed by atoms with van der Waals surface area (Å²) in [5.41, 5.74) is 5.36. The van der Waals surface area contributed by atoms with Gasteiger partial charge in [0.2, 0.25) is 0 Å². The van der Waals surface area contributed by atoms with Gasteiger partial charge in [0.15, 0.2) is 0 Å². The van der Waals surface area contributed by atoms with Gasteiger partial charge in [0, 0.05) is 48.6 Å². The number of carbonyl (C=O) groups is 2. The summed E-state index contributed by atoms with van der Waals surface area (Å²) in [6.45, 7) is 7.63. The SMILES string of the molecule is CC(C)(C)OC(=O)N(Cc1ccc(-c2ccc(CN(Cc3cccnc3)C(=O)Nc3ccc(OCc4cccs4)cc3)cc2)cc1)C1CCCCC1. The Morgan fingerprint density at radius 2 is 1.44 bits per heavy atom. The van der Waals surface area contributed by atoms with Crippen LogP contribution in [0.1, 0.15) is 74.4 Å². The van der Waals surface area contributed by atoms with Gasteiger partial charge < -0.3 is 24.6 Å². The van der Waals surface area contributed by atoms with Gasteiger partial charge in [0.25, 0.3) is 0 Å². The average Bonchev–Trinajstić information content (AvgIpc) is 3.68. The third kappa shape index (κ3) is 10.7. The first-order valence-corrected chi connectivity index (χ1v) is 18.9. The van der Waals surface area contributed by atoms with Gasteiger partial charge in [-0.05, 0) is 103 Å². The van der Waals surface area contributed by atoms with E-state index >= 15 is 0 Å². The molecule has 1 fully saturated rings. The maximum Gasteiger partial charge on any atom is 0.410 e. The number of thiophene rings is 1. The van der Waals surface area contributed by atoms with E-state index in [-0.39, 0.29) is 18.2 Å². The molecule has 0 aliphatic heterocycles. The summed E-state index contributed by atoms with van der Waals surface area (Å²) in [5.74, 6) is 0.746.